The van der Waals surface area contributed by atoms with E-state index in [0.29, 0.717) is 67.6 Å². The van der Waals surface area contributed by atoms with Crippen molar-refractivity contribution < 1.29 is 22.3 Å². The summed E-state index contributed by atoms with van der Waals surface area (Å²) >= 11 is 0. The summed E-state index contributed by atoms with van der Waals surface area (Å²) in [5.41, 5.74) is 1.70. The van der Waals surface area contributed by atoms with Crippen molar-refractivity contribution in [3.05, 3.63) is 65.7 Å². The first kappa shape index (κ1) is 22.1. The third-order valence-electron chi connectivity index (χ3n) is 6.94. The van der Waals surface area contributed by atoms with Crippen LogP contribution in [0.3, 0.4) is 0 Å². The van der Waals surface area contributed by atoms with Crippen LogP contribution in [0.4, 0.5) is 34.9 Å². The molecule has 0 radical (unpaired) electrons. The number of nitrogens with one attached hydrogen (secondary N) is 1. The van der Waals surface area contributed by atoms with E-state index in [9.17, 15) is 13.2 Å². The number of benzene rings is 2. The lowest BCUT2D eigenvalue weighted by atomic mass is 9.97. The first-order chi connectivity index (χ1) is 16.9. The summed E-state index contributed by atoms with van der Waals surface area (Å²) < 4.78 is 61.7. The predicted molar refractivity (Wildman–Crippen MR) is 124 cm³/mol. The fourth-order valence-electron chi connectivity index (χ4n) is 5.32. The number of halogens is 4. The Morgan fingerprint density at radius 3 is 2.49 bits per heavy atom. The summed E-state index contributed by atoms with van der Waals surface area (Å²) in [5.74, 6) is 0.121. The van der Waals surface area contributed by atoms with Crippen LogP contribution in [0.5, 0.6) is 0 Å². The molecule has 0 saturated carbocycles. The first-order valence-electron chi connectivity index (χ1n) is 11.6. The Morgan fingerprint density at radius 1 is 1.00 bits per heavy atom. The van der Waals surface area contributed by atoms with Crippen molar-refractivity contribution in [2.75, 3.05) is 41.4 Å². The molecule has 0 amide bonds. The Labute approximate surface area is 199 Å². The van der Waals surface area contributed by atoms with Gasteiger partial charge in [0.2, 0.25) is 5.95 Å². The van der Waals surface area contributed by atoms with Gasteiger partial charge in [-0.2, -0.15) is 13.2 Å². The topological polar surface area (TPSA) is 53.5 Å². The molecule has 0 bridgehead atoms. The summed E-state index contributed by atoms with van der Waals surface area (Å²) in [7, 11) is 0. The number of aromatic nitrogens is 2. The van der Waals surface area contributed by atoms with Crippen molar-refractivity contribution in [3.8, 4) is 11.1 Å². The van der Waals surface area contributed by atoms with Gasteiger partial charge in [0, 0.05) is 36.6 Å². The summed E-state index contributed by atoms with van der Waals surface area (Å²) in [6, 6.07) is 8.33. The molecule has 1 N–H and O–H groups in total. The van der Waals surface area contributed by atoms with Crippen molar-refractivity contribution in [2.45, 2.75) is 31.2 Å². The zero-order valence-corrected chi connectivity index (χ0v) is 18.7. The van der Waals surface area contributed by atoms with Crippen LogP contribution in [-0.2, 0) is 10.9 Å². The van der Waals surface area contributed by atoms with E-state index in [1.165, 1.54) is 18.2 Å². The summed E-state index contributed by atoms with van der Waals surface area (Å²) in [5, 5.41) is 3.28. The van der Waals surface area contributed by atoms with Gasteiger partial charge in [0.25, 0.3) is 0 Å². The number of hydrogen-bond donors (Lipinski definition) is 1. The highest BCUT2D eigenvalue weighted by atomic mass is 19.4. The maximum Gasteiger partial charge on any atom is 0.416 e. The average molecular weight is 485 g/mol. The molecular weight excluding hydrogens is 462 g/mol. The molecule has 3 aliphatic heterocycles. The number of nitrogens with zero attached hydrogens (tertiary/aromatic N) is 4. The minimum atomic E-state index is -4.45. The van der Waals surface area contributed by atoms with Crippen LogP contribution in [-0.4, -0.2) is 42.4 Å². The van der Waals surface area contributed by atoms with E-state index < -0.39 is 23.6 Å². The van der Waals surface area contributed by atoms with Crippen LogP contribution in [0.2, 0.25) is 0 Å². The molecule has 0 spiro atoms. The highest BCUT2D eigenvalue weighted by molar-refractivity contribution is 5.83. The molecule has 0 aliphatic carbocycles. The Kier molecular flexibility index (Phi) is 5.28. The highest BCUT2D eigenvalue weighted by Crippen LogP contribution is 2.51. The van der Waals surface area contributed by atoms with Gasteiger partial charge < -0.3 is 19.9 Å². The van der Waals surface area contributed by atoms with Gasteiger partial charge in [0.05, 0.1) is 42.4 Å². The van der Waals surface area contributed by atoms with Gasteiger partial charge >= 0.3 is 6.18 Å². The zero-order chi connectivity index (χ0) is 24.2. The third kappa shape index (κ3) is 3.85. The summed E-state index contributed by atoms with van der Waals surface area (Å²) in [6.45, 7) is 2.59. The average Bonchev–Trinajstić information content (AvgIpc) is 3.43. The van der Waals surface area contributed by atoms with Crippen LogP contribution in [0.25, 0.3) is 11.1 Å². The molecule has 2 fully saturated rings. The normalized spacial score (nSPS) is 21.6. The van der Waals surface area contributed by atoms with Crippen LogP contribution < -0.4 is 15.1 Å². The lowest BCUT2D eigenvalue weighted by Crippen LogP contribution is -2.37. The SMILES string of the molecule is Fc1cc2c(cc1-c1cnc(N3CCOCC3)nc1)N1C(CC[C@H]1c1ccccc1C(F)(F)F)N2. The highest BCUT2D eigenvalue weighted by Gasteiger charge is 2.44. The van der Waals surface area contributed by atoms with Crippen molar-refractivity contribution >= 4 is 17.3 Å². The number of alkyl halides is 3. The fraction of sp³-hybridized carbons (Fsp3) is 0.360. The maximum atomic E-state index is 15.1. The second kappa shape index (κ2) is 8.37. The van der Waals surface area contributed by atoms with Crippen molar-refractivity contribution in [1.29, 1.82) is 0 Å². The zero-order valence-electron chi connectivity index (χ0n) is 18.7. The van der Waals surface area contributed by atoms with Gasteiger partial charge in [0.1, 0.15) is 5.82 Å². The van der Waals surface area contributed by atoms with E-state index >= 15 is 4.39 Å². The van der Waals surface area contributed by atoms with E-state index in [1.54, 1.807) is 24.5 Å². The molecule has 2 aromatic carbocycles. The smallest absolute Gasteiger partial charge is 0.378 e. The lowest BCUT2D eigenvalue weighted by Gasteiger charge is -2.29. The van der Waals surface area contributed by atoms with Gasteiger partial charge in [-0.05, 0) is 36.6 Å². The van der Waals surface area contributed by atoms with Crippen LogP contribution >= 0.6 is 0 Å². The number of fused-ring (bicyclic) bond motifs is 3. The molecule has 35 heavy (non-hydrogen) atoms. The largest absolute Gasteiger partial charge is 0.416 e. The van der Waals surface area contributed by atoms with E-state index in [4.69, 9.17) is 4.74 Å². The van der Waals surface area contributed by atoms with Gasteiger partial charge in [-0.3, -0.25) is 0 Å². The predicted octanol–water partition coefficient (Wildman–Crippen LogP) is 5.23. The van der Waals surface area contributed by atoms with Crippen LogP contribution in [0.1, 0.15) is 30.0 Å². The molecule has 2 atom stereocenters. The maximum absolute atomic E-state index is 15.1. The molecule has 10 heteroatoms. The molecular formula is C25H23F4N5O. The van der Waals surface area contributed by atoms with Crippen molar-refractivity contribution in [2.24, 2.45) is 0 Å². The third-order valence-corrected chi connectivity index (χ3v) is 6.94. The fourth-order valence-corrected chi connectivity index (χ4v) is 5.32. The van der Waals surface area contributed by atoms with Gasteiger partial charge in [-0.25, -0.2) is 14.4 Å². The number of hydrogen-bond acceptors (Lipinski definition) is 6. The lowest BCUT2D eigenvalue weighted by molar-refractivity contribution is -0.138. The number of rotatable bonds is 3. The Bertz CT molecular complexity index is 1240. The molecule has 2 saturated heterocycles. The number of anilines is 3. The Hall–Kier alpha value is -3.40. The summed E-state index contributed by atoms with van der Waals surface area (Å²) in [4.78, 5) is 12.8. The van der Waals surface area contributed by atoms with E-state index in [0.717, 1.165) is 6.07 Å². The molecule has 6 rings (SSSR count). The molecule has 3 aliphatic rings. The molecule has 182 valence electrons. The van der Waals surface area contributed by atoms with Crippen molar-refractivity contribution in [3.63, 3.8) is 0 Å². The standard InChI is InChI=1S/C25H23F4N5O/c26-19-12-20-22(11-17(19)15-13-30-24(31-14-15)33-7-9-35-10-8-33)34-21(5-6-23(34)32-20)16-3-1-2-4-18(16)25(27,28)29/h1-4,11-14,21,23,32H,5-10H2/t21-,23?/m0/s1. The van der Waals surface area contributed by atoms with E-state index in [1.807, 2.05) is 9.80 Å². The molecule has 6 nitrogen and oxygen atoms in total. The summed E-state index contributed by atoms with van der Waals surface area (Å²) in [6.07, 6.45) is -0.246. The second-order valence-corrected chi connectivity index (χ2v) is 8.97. The number of morpholine rings is 1. The quantitative estimate of drug-likeness (QED) is 0.513. The van der Waals surface area contributed by atoms with Crippen molar-refractivity contribution in [1.82, 2.24) is 9.97 Å². The molecule has 4 heterocycles. The van der Waals surface area contributed by atoms with Gasteiger partial charge in [-0.1, -0.05) is 18.2 Å². The van der Waals surface area contributed by atoms with Crippen LogP contribution in [0, 0.1) is 5.82 Å². The van der Waals surface area contributed by atoms with E-state index in [2.05, 4.69) is 15.3 Å². The number of ether oxygens (including phenoxy) is 1. The van der Waals surface area contributed by atoms with Crippen LogP contribution in [0.15, 0.2) is 48.8 Å². The molecule has 3 aromatic rings. The first-order valence-corrected chi connectivity index (χ1v) is 11.6. The Morgan fingerprint density at radius 2 is 1.74 bits per heavy atom. The molecule has 1 unspecified atom stereocenters. The van der Waals surface area contributed by atoms with E-state index in [-0.39, 0.29) is 11.7 Å². The second-order valence-electron chi connectivity index (χ2n) is 8.97. The Balaban J connectivity index is 1.35. The minimum absolute atomic E-state index is 0.189. The minimum Gasteiger partial charge on any atom is -0.378 e. The van der Waals surface area contributed by atoms with Gasteiger partial charge in [-0.15, -0.1) is 0 Å². The molecule has 1 aromatic heterocycles. The van der Waals surface area contributed by atoms with Gasteiger partial charge in [0.15, 0.2) is 0 Å². The monoisotopic (exact) mass is 485 g/mol.